The van der Waals surface area contributed by atoms with Crippen molar-refractivity contribution in [3.8, 4) is 28.8 Å². The van der Waals surface area contributed by atoms with Gasteiger partial charge in [-0.05, 0) is 30.7 Å². The average Bonchev–Trinajstić information content (AvgIpc) is 3.23. The Morgan fingerprint density at radius 2 is 2.08 bits per heavy atom. The summed E-state index contributed by atoms with van der Waals surface area (Å²) >= 11 is 6.33. The van der Waals surface area contributed by atoms with Gasteiger partial charge in [0.25, 0.3) is 0 Å². The first-order chi connectivity index (χ1) is 12.1. The first kappa shape index (κ1) is 15.2. The van der Waals surface area contributed by atoms with Crippen molar-refractivity contribution in [3.05, 3.63) is 46.9 Å². The van der Waals surface area contributed by atoms with E-state index in [1.54, 1.807) is 18.5 Å². The molecule has 25 heavy (non-hydrogen) atoms. The topological polar surface area (TPSA) is 117 Å². The van der Waals surface area contributed by atoms with Crippen LogP contribution in [0.2, 0.25) is 5.02 Å². The van der Waals surface area contributed by atoms with Gasteiger partial charge in [0.1, 0.15) is 17.5 Å². The molecule has 4 rings (SSSR count). The molecule has 0 aliphatic carbocycles. The Hall–Kier alpha value is -3.37. The van der Waals surface area contributed by atoms with Gasteiger partial charge < -0.3 is 10.2 Å². The molecular weight excluding hydrogens is 340 g/mol. The van der Waals surface area contributed by atoms with Crippen molar-refractivity contribution in [2.75, 3.05) is 5.73 Å². The van der Waals surface area contributed by atoms with E-state index in [9.17, 15) is 5.26 Å². The maximum atomic E-state index is 9.25. The van der Waals surface area contributed by atoms with Crippen molar-refractivity contribution < 1.29 is 4.42 Å². The van der Waals surface area contributed by atoms with Crippen molar-refractivity contribution in [3.63, 3.8) is 0 Å². The molecule has 4 aromatic rings. The highest BCUT2D eigenvalue weighted by atomic mass is 35.5. The Kier molecular flexibility index (Phi) is 3.41. The van der Waals surface area contributed by atoms with Crippen molar-refractivity contribution >= 4 is 28.3 Å². The van der Waals surface area contributed by atoms with Crippen LogP contribution in [0.5, 0.6) is 0 Å². The number of hydrogen-bond donors (Lipinski definition) is 2. The normalized spacial score (nSPS) is 10.9. The minimum Gasteiger partial charge on any atom is -0.462 e. The lowest BCUT2D eigenvalue weighted by molar-refractivity contribution is 0.578. The molecular formula is C17H11ClN6O. The number of rotatable bonds is 2. The summed E-state index contributed by atoms with van der Waals surface area (Å²) in [6, 6.07) is 7.39. The minimum absolute atomic E-state index is 0.0467. The molecule has 3 N–H and O–H groups in total. The highest BCUT2D eigenvalue weighted by Gasteiger charge is 2.19. The standard InChI is InChI=1S/C17H11ClN6O/c1-8-2-13(25-7-8)16-15(22-12(5-19)17(20)23-16)9-3-10-6-21-24-14(10)11(18)4-9/h2-4,6-7H,1H3,(H2,20,23)(H,21,24). The number of H-pyrrole nitrogens is 1. The number of fused-ring (bicyclic) bond motifs is 1. The van der Waals surface area contributed by atoms with E-state index >= 15 is 0 Å². The van der Waals surface area contributed by atoms with Crippen LogP contribution >= 0.6 is 11.6 Å². The van der Waals surface area contributed by atoms with Crippen molar-refractivity contribution in [1.82, 2.24) is 20.2 Å². The molecule has 0 saturated heterocycles. The Balaban J connectivity index is 2.02. The van der Waals surface area contributed by atoms with E-state index in [2.05, 4.69) is 20.2 Å². The lowest BCUT2D eigenvalue weighted by Gasteiger charge is -2.09. The molecule has 0 radical (unpaired) electrons. The van der Waals surface area contributed by atoms with E-state index in [4.69, 9.17) is 21.8 Å². The zero-order valence-electron chi connectivity index (χ0n) is 13.0. The number of furan rings is 1. The summed E-state index contributed by atoms with van der Waals surface area (Å²) in [5, 5.41) is 17.4. The van der Waals surface area contributed by atoms with Gasteiger partial charge >= 0.3 is 0 Å². The van der Waals surface area contributed by atoms with Gasteiger partial charge in [0.05, 0.1) is 23.0 Å². The van der Waals surface area contributed by atoms with Gasteiger partial charge in [0.2, 0.25) is 0 Å². The molecule has 122 valence electrons. The van der Waals surface area contributed by atoms with Crippen molar-refractivity contribution in [1.29, 1.82) is 5.26 Å². The smallest absolute Gasteiger partial charge is 0.183 e. The van der Waals surface area contributed by atoms with Gasteiger partial charge in [-0.2, -0.15) is 10.4 Å². The summed E-state index contributed by atoms with van der Waals surface area (Å²) in [6.07, 6.45) is 3.28. The predicted octanol–water partition coefficient (Wildman–Crippen LogP) is 3.70. The molecule has 0 atom stereocenters. The van der Waals surface area contributed by atoms with Crippen LogP contribution in [0.25, 0.3) is 33.6 Å². The zero-order valence-corrected chi connectivity index (χ0v) is 13.8. The number of aromatic amines is 1. The highest BCUT2D eigenvalue weighted by molar-refractivity contribution is 6.35. The number of benzene rings is 1. The van der Waals surface area contributed by atoms with Gasteiger partial charge in [0, 0.05) is 10.9 Å². The van der Waals surface area contributed by atoms with Crippen LogP contribution in [0.1, 0.15) is 11.3 Å². The largest absolute Gasteiger partial charge is 0.462 e. The fraction of sp³-hybridized carbons (Fsp3) is 0.0588. The number of halogens is 1. The molecule has 0 aliphatic rings. The third-order valence-electron chi connectivity index (χ3n) is 3.77. The van der Waals surface area contributed by atoms with Crippen LogP contribution in [0.15, 0.2) is 35.1 Å². The number of nitrogen functional groups attached to an aromatic ring is 1. The van der Waals surface area contributed by atoms with Crippen LogP contribution in [-0.4, -0.2) is 20.2 Å². The number of hydrogen-bond acceptors (Lipinski definition) is 6. The SMILES string of the molecule is Cc1coc(-c2nc(N)c(C#N)nc2-c2cc(Cl)c3[nH]ncc3c2)c1. The van der Waals surface area contributed by atoms with Crippen molar-refractivity contribution in [2.24, 2.45) is 0 Å². The van der Waals surface area contributed by atoms with Crippen LogP contribution in [0.4, 0.5) is 5.82 Å². The summed E-state index contributed by atoms with van der Waals surface area (Å²) in [5.41, 5.74) is 9.16. The third kappa shape index (κ3) is 2.49. The number of nitriles is 1. The summed E-state index contributed by atoms with van der Waals surface area (Å²) in [5.74, 6) is 0.561. The van der Waals surface area contributed by atoms with E-state index in [0.717, 1.165) is 16.5 Å². The zero-order chi connectivity index (χ0) is 17.6. The lowest BCUT2D eigenvalue weighted by Crippen LogP contribution is -2.02. The molecule has 0 aliphatic heterocycles. The summed E-state index contributed by atoms with van der Waals surface area (Å²) in [4.78, 5) is 8.71. The highest BCUT2D eigenvalue weighted by Crippen LogP contribution is 2.35. The van der Waals surface area contributed by atoms with Gasteiger partial charge in [-0.15, -0.1) is 0 Å². The molecule has 0 spiro atoms. The number of nitrogens with two attached hydrogens (primary N) is 1. The monoisotopic (exact) mass is 350 g/mol. The van der Waals surface area contributed by atoms with Crippen LogP contribution in [-0.2, 0) is 0 Å². The van der Waals surface area contributed by atoms with E-state index < -0.39 is 0 Å². The molecule has 3 aromatic heterocycles. The maximum absolute atomic E-state index is 9.25. The molecule has 7 nitrogen and oxygen atoms in total. The van der Waals surface area contributed by atoms with E-state index in [1.807, 2.05) is 25.1 Å². The number of anilines is 1. The van der Waals surface area contributed by atoms with Crippen molar-refractivity contribution in [2.45, 2.75) is 6.92 Å². The Labute approximate surface area is 147 Å². The van der Waals surface area contributed by atoms with E-state index in [0.29, 0.717) is 27.7 Å². The molecule has 0 fully saturated rings. The second kappa shape index (κ2) is 5.61. The summed E-state index contributed by atoms with van der Waals surface area (Å²) < 4.78 is 5.55. The fourth-order valence-corrected chi connectivity index (χ4v) is 2.88. The Morgan fingerprint density at radius 3 is 2.80 bits per heavy atom. The molecule has 3 heterocycles. The molecule has 0 unspecified atom stereocenters. The number of aromatic nitrogens is 4. The van der Waals surface area contributed by atoms with Gasteiger partial charge in [-0.25, -0.2) is 9.97 Å². The molecule has 8 heteroatoms. The van der Waals surface area contributed by atoms with Crippen LogP contribution < -0.4 is 5.73 Å². The first-order valence-electron chi connectivity index (χ1n) is 7.33. The Morgan fingerprint density at radius 1 is 1.24 bits per heavy atom. The second-order valence-corrected chi connectivity index (χ2v) is 5.95. The fourth-order valence-electron chi connectivity index (χ4n) is 2.61. The summed E-state index contributed by atoms with van der Waals surface area (Å²) in [6.45, 7) is 1.90. The lowest BCUT2D eigenvalue weighted by atomic mass is 10.1. The quantitative estimate of drug-likeness (QED) is 0.569. The molecule has 1 aromatic carbocycles. The van der Waals surface area contributed by atoms with Crippen LogP contribution in [0, 0.1) is 18.3 Å². The molecule has 0 saturated carbocycles. The second-order valence-electron chi connectivity index (χ2n) is 5.55. The minimum atomic E-state index is 0.0467. The van der Waals surface area contributed by atoms with Gasteiger partial charge in [-0.1, -0.05) is 11.6 Å². The number of nitrogens with zero attached hydrogens (tertiary/aromatic N) is 4. The van der Waals surface area contributed by atoms with E-state index in [1.165, 1.54) is 0 Å². The van der Waals surface area contributed by atoms with E-state index in [-0.39, 0.29) is 11.5 Å². The average molecular weight is 351 g/mol. The maximum Gasteiger partial charge on any atom is 0.183 e. The Bertz CT molecular complexity index is 1150. The number of nitrogens with one attached hydrogen (secondary N) is 1. The predicted molar refractivity (Wildman–Crippen MR) is 93.7 cm³/mol. The summed E-state index contributed by atoms with van der Waals surface area (Å²) in [7, 11) is 0. The number of aryl methyl sites for hydroxylation is 1. The van der Waals surface area contributed by atoms with Gasteiger partial charge in [0.15, 0.2) is 17.3 Å². The van der Waals surface area contributed by atoms with Crippen LogP contribution in [0.3, 0.4) is 0 Å². The molecule has 0 amide bonds. The molecule has 0 bridgehead atoms. The third-order valence-corrected chi connectivity index (χ3v) is 4.06. The first-order valence-corrected chi connectivity index (χ1v) is 7.70. The van der Waals surface area contributed by atoms with Gasteiger partial charge in [-0.3, -0.25) is 5.10 Å².